The number of hydrogen-bond acceptors (Lipinski definition) is 4. The number of nitrogens with zero attached hydrogens (tertiary/aromatic N) is 2. The van der Waals surface area contributed by atoms with Gasteiger partial charge in [0.15, 0.2) is 0 Å². The van der Waals surface area contributed by atoms with Crippen molar-refractivity contribution in [1.82, 2.24) is 9.97 Å². The highest BCUT2D eigenvalue weighted by Gasteiger charge is 2.13. The Balaban J connectivity index is 2.71. The average Bonchev–Trinajstić information content (AvgIpc) is 2.04. The summed E-state index contributed by atoms with van der Waals surface area (Å²) in [6.45, 7) is 1.76. The molecule has 5 heteroatoms. The van der Waals surface area contributed by atoms with Crippen LogP contribution in [0, 0.1) is 6.92 Å². The summed E-state index contributed by atoms with van der Waals surface area (Å²) < 4.78 is 0. The Morgan fingerprint density at radius 2 is 2.23 bits per heavy atom. The number of rotatable bonds is 3. The van der Waals surface area contributed by atoms with Gasteiger partial charge in [0, 0.05) is 6.20 Å². The van der Waals surface area contributed by atoms with Gasteiger partial charge in [-0.15, -0.1) is 0 Å². The highest BCUT2D eigenvalue weighted by atomic mass is 16.4. The van der Waals surface area contributed by atoms with E-state index in [9.17, 15) is 9.90 Å². The summed E-state index contributed by atoms with van der Waals surface area (Å²) in [6.07, 6.45) is 1.44. The van der Waals surface area contributed by atoms with Crippen LogP contribution in [0.15, 0.2) is 12.4 Å². The number of aryl methyl sites for hydroxylation is 1. The summed E-state index contributed by atoms with van der Waals surface area (Å²) >= 11 is 0. The number of aliphatic hydroxyl groups excluding tert-OH is 1. The van der Waals surface area contributed by atoms with E-state index in [4.69, 9.17) is 5.11 Å². The van der Waals surface area contributed by atoms with Gasteiger partial charge < -0.3 is 10.2 Å². The normalized spacial score (nSPS) is 12.5. The van der Waals surface area contributed by atoms with Gasteiger partial charge in [-0.05, 0) is 6.92 Å². The number of hydrogen-bond donors (Lipinski definition) is 2. The van der Waals surface area contributed by atoms with E-state index in [0.29, 0.717) is 0 Å². The quantitative estimate of drug-likeness (QED) is 0.702. The van der Waals surface area contributed by atoms with Crippen molar-refractivity contribution in [2.24, 2.45) is 0 Å². The molecular formula is C8H10N2O3. The summed E-state index contributed by atoms with van der Waals surface area (Å²) in [6, 6.07) is 0. The number of aromatic nitrogens is 2. The minimum atomic E-state index is -1.08. The first kappa shape index (κ1) is 9.60. The van der Waals surface area contributed by atoms with E-state index in [2.05, 4.69) is 9.97 Å². The molecule has 0 aliphatic heterocycles. The van der Waals surface area contributed by atoms with Crippen molar-refractivity contribution in [2.75, 3.05) is 0 Å². The molecule has 5 nitrogen and oxygen atoms in total. The first-order valence-corrected chi connectivity index (χ1v) is 3.78. The number of carboxylic acid groups (broad SMARTS) is 1. The summed E-state index contributed by atoms with van der Waals surface area (Å²) in [4.78, 5) is 18.0. The van der Waals surface area contributed by atoms with Gasteiger partial charge >= 0.3 is 5.97 Å². The maximum absolute atomic E-state index is 10.2. The van der Waals surface area contributed by atoms with Crippen molar-refractivity contribution in [3.63, 3.8) is 0 Å². The molecular weight excluding hydrogens is 172 g/mol. The van der Waals surface area contributed by atoms with Gasteiger partial charge in [-0.2, -0.15) is 0 Å². The Kier molecular flexibility index (Phi) is 2.92. The fourth-order valence-electron chi connectivity index (χ4n) is 0.845. The zero-order valence-electron chi connectivity index (χ0n) is 7.14. The van der Waals surface area contributed by atoms with Crippen LogP contribution in [0.2, 0.25) is 0 Å². The van der Waals surface area contributed by atoms with Crippen molar-refractivity contribution in [1.29, 1.82) is 0 Å². The lowest BCUT2D eigenvalue weighted by atomic mass is 10.2. The van der Waals surface area contributed by atoms with Crippen molar-refractivity contribution < 1.29 is 15.0 Å². The van der Waals surface area contributed by atoms with Crippen LogP contribution in [0.25, 0.3) is 0 Å². The molecule has 0 fully saturated rings. The number of carboxylic acids is 1. The summed E-state index contributed by atoms with van der Waals surface area (Å²) in [7, 11) is 0. The zero-order valence-corrected chi connectivity index (χ0v) is 7.14. The Labute approximate surface area is 75.1 Å². The van der Waals surface area contributed by atoms with Crippen LogP contribution in [0.1, 0.15) is 23.9 Å². The summed E-state index contributed by atoms with van der Waals surface area (Å²) in [5, 5.41) is 17.7. The van der Waals surface area contributed by atoms with Gasteiger partial charge in [-0.25, -0.2) is 0 Å². The summed E-state index contributed by atoms with van der Waals surface area (Å²) in [5.41, 5.74) is 1.01. The Morgan fingerprint density at radius 3 is 2.69 bits per heavy atom. The van der Waals surface area contributed by atoms with Gasteiger partial charge in [0.25, 0.3) is 0 Å². The van der Waals surface area contributed by atoms with Gasteiger partial charge in [0.1, 0.15) is 6.10 Å². The third kappa shape index (κ3) is 2.79. The number of aliphatic carboxylic acids is 1. The lowest BCUT2D eigenvalue weighted by Crippen LogP contribution is -2.07. The predicted molar refractivity (Wildman–Crippen MR) is 44.0 cm³/mol. The highest BCUT2D eigenvalue weighted by Crippen LogP contribution is 2.12. The maximum Gasteiger partial charge on any atom is 0.306 e. The van der Waals surface area contributed by atoms with E-state index >= 15 is 0 Å². The topological polar surface area (TPSA) is 83.3 Å². The molecule has 1 rings (SSSR count). The number of aliphatic hydroxyl groups is 1. The van der Waals surface area contributed by atoms with Gasteiger partial charge in [-0.1, -0.05) is 0 Å². The second-order valence-corrected chi connectivity index (χ2v) is 2.70. The lowest BCUT2D eigenvalue weighted by Gasteiger charge is -2.05. The molecule has 0 radical (unpaired) electrons. The fraction of sp³-hybridized carbons (Fsp3) is 0.375. The second kappa shape index (κ2) is 3.95. The van der Waals surface area contributed by atoms with E-state index in [1.807, 2.05) is 0 Å². The SMILES string of the molecule is Cc1cnc([C@H](O)CC(=O)O)cn1. The number of carbonyl (C=O) groups is 1. The maximum atomic E-state index is 10.2. The molecule has 1 aromatic rings. The molecule has 0 aliphatic rings. The lowest BCUT2D eigenvalue weighted by molar-refractivity contribution is -0.139. The van der Waals surface area contributed by atoms with Crippen LogP contribution in [0.5, 0.6) is 0 Å². The largest absolute Gasteiger partial charge is 0.481 e. The minimum Gasteiger partial charge on any atom is -0.481 e. The van der Waals surface area contributed by atoms with Crippen LogP contribution in [-0.4, -0.2) is 26.2 Å². The molecule has 13 heavy (non-hydrogen) atoms. The van der Waals surface area contributed by atoms with Gasteiger partial charge in [0.2, 0.25) is 0 Å². The van der Waals surface area contributed by atoms with E-state index < -0.39 is 12.1 Å². The molecule has 1 atom stereocenters. The van der Waals surface area contributed by atoms with E-state index in [1.54, 1.807) is 6.92 Å². The van der Waals surface area contributed by atoms with E-state index in [0.717, 1.165) is 5.69 Å². The molecule has 0 aromatic carbocycles. The first-order valence-electron chi connectivity index (χ1n) is 3.78. The Bertz CT molecular complexity index is 297. The average molecular weight is 182 g/mol. The van der Waals surface area contributed by atoms with Gasteiger partial charge in [-0.3, -0.25) is 14.8 Å². The Hall–Kier alpha value is -1.49. The summed E-state index contributed by atoms with van der Waals surface area (Å²) in [5.74, 6) is -1.06. The molecule has 0 aliphatic carbocycles. The fourth-order valence-corrected chi connectivity index (χ4v) is 0.845. The molecule has 0 amide bonds. The standard InChI is InChI=1S/C8H10N2O3/c1-5-3-10-6(4-9-5)7(11)2-8(12)13/h3-4,7,11H,2H2,1H3,(H,12,13)/t7-/m1/s1. The second-order valence-electron chi connectivity index (χ2n) is 2.70. The molecule has 1 aromatic heterocycles. The first-order chi connectivity index (χ1) is 6.09. The van der Waals surface area contributed by atoms with Crippen molar-refractivity contribution >= 4 is 5.97 Å². The van der Waals surface area contributed by atoms with Gasteiger partial charge in [0.05, 0.1) is 24.0 Å². The minimum absolute atomic E-state index is 0.285. The molecule has 0 bridgehead atoms. The van der Waals surface area contributed by atoms with Crippen LogP contribution in [0.3, 0.4) is 0 Å². The molecule has 0 saturated heterocycles. The smallest absolute Gasteiger partial charge is 0.306 e. The third-order valence-electron chi connectivity index (χ3n) is 1.51. The van der Waals surface area contributed by atoms with Crippen LogP contribution >= 0.6 is 0 Å². The van der Waals surface area contributed by atoms with Crippen LogP contribution in [0.4, 0.5) is 0 Å². The Morgan fingerprint density at radius 1 is 1.54 bits per heavy atom. The molecule has 70 valence electrons. The van der Waals surface area contributed by atoms with E-state index in [1.165, 1.54) is 12.4 Å². The molecule has 1 heterocycles. The molecule has 0 spiro atoms. The highest BCUT2D eigenvalue weighted by molar-refractivity contribution is 5.67. The monoisotopic (exact) mass is 182 g/mol. The predicted octanol–water partition coefficient (Wildman–Crippen LogP) is 0.293. The zero-order chi connectivity index (χ0) is 9.84. The molecule has 2 N–H and O–H groups in total. The van der Waals surface area contributed by atoms with E-state index in [-0.39, 0.29) is 12.1 Å². The van der Waals surface area contributed by atoms with Crippen molar-refractivity contribution in [2.45, 2.75) is 19.4 Å². The molecule has 0 saturated carbocycles. The molecule has 0 unspecified atom stereocenters. The van der Waals surface area contributed by atoms with Crippen molar-refractivity contribution in [3.8, 4) is 0 Å². The van der Waals surface area contributed by atoms with Crippen molar-refractivity contribution in [3.05, 3.63) is 23.8 Å². The van der Waals surface area contributed by atoms with Crippen LogP contribution in [-0.2, 0) is 4.79 Å². The van der Waals surface area contributed by atoms with Crippen LogP contribution < -0.4 is 0 Å². The third-order valence-corrected chi connectivity index (χ3v) is 1.51.